The number of nitrogen functional groups attached to an aromatic ring is 1. The van der Waals surface area contributed by atoms with Crippen molar-refractivity contribution in [3.8, 4) is 0 Å². The Morgan fingerprint density at radius 2 is 1.66 bits per heavy atom. The van der Waals surface area contributed by atoms with Crippen molar-refractivity contribution in [2.45, 2.75) is 77.4 Å². The second kappa shape index (κ2) is 10.4. The lowest BCUT2D eigenvalue weighted by molar-refractivity contribution is 0.101. The molecule has 32 heavy (non-hydrogen) atoms. The van der Waals surface area contributed by atoms with Crippen LogP contribution in [-0.2, 0) is 13.0 Å². The molecule has 1 aromatic heterocycles. The number of likely N-dealkylation sites (tertiary alicyclic amines) is 1. The second-order valence-electron chi connectivity index (χ2n) is 9.53. The minimum Gasteiger partial charge on any atom is -0.399 e. The Balaban J connectivity index is 1.45. The van der Waals surface area contributed by atoms with Gasteiger partial charge in [-0.25, -0.2) is 0 Å². The lowest BCUT2D eigenvalue weighted by Crippen LogP contribution is -2.44. The number of anilines is 1. The third-order valence-electron chi connectivity index (χ3n) is 7.10. The van der Waals surface area contributed by atoms with Crippen LogP contribution in [0.15, 0.2) is 59.4 Å². The molecule has 170 valence electrons. The van der Waals surface area contributed by atoms with E-state index < -0.39 is 0 Å². The molecule has 0 saturated carbocycles. The van der Waals surface area contributed by atoms with E-state index in [1.54, 1.807) is 0 Å². The first-order chi connectivity index (χ1) is 15.5. The van der Waals surface area contributed by atoms with Gasteiger partial charge in [0.15, 0.2) is 0 Å². The molecular weight excluding hydrogens is 394 g/mol. The molecule has 1 fully saturated rings. The highest BCUT2D eigenvalue weighted by Gasteiger charge is 2.23. The van der Waals surface area contributed by atoms with Gasteiger partial charge in [0.1, 0.15) is 0 Å². The molecule has 2 N–H and O–H groups in total. The van der Waals surface area contributed by atoms with Crippen molar-refractivity contribution in [3.63, 3.8) is 0 Å². The van der Waals surface area contributed by atoms with Crippen LogP contribution in [-0.4, -0.2) is 28.1 Å². The summed E-state index contributed by atoms with van der Waals surface area (Å²) in [5.41, 5.74) is 9.77. The molecule has 0 radical (unpaired) electrons. The fourth-order valence-electron chi connectivity index (χ4n) is 5.32. The zero-order chi connectivity index (χ0) is 22.5. The zero-order valence-electron chi connectivity index (χ0n) is 19.6. The number of aromatic nitrogens is 1. The van der Waals surface area contributed by atoms with Gasteiger partial charge in [0.05, 0.1) is 5.52 Å². The lowest BCUT2D eigenvalue weighted by Gasteiger charge is -2.39. The number of rotatable bonds is 8. The third-order valence-corrected chi connectivity index (χ3v) is 7.10. The maximum Gasteiger partial charge on any atom is 0.254 e. The average Bonchev–Trinajstić information content (AvgIpc) is 2.77. The highest BCUT2D eigenvalue weighted by atomic mass is 16.1. The molecule has 0 spiro atoms. The molecule has 2 atom stereocenters. The summed E-state index contributed by atoms with van der Waals surface area (Å²) in [6.07, 6.45) is 8.00. The highest BCUT2D eigenvalue weighted by molar-refractivity contribution is 5.79. The van der Waals surface area contributed by atoms with Gasteiger partial charge in [0.25, 0.3) is 5.56 Å². The minimum absolute atomic E-state index is 0.129. The summed E-state index contributed by atoms with van der Waals surface area (Å²) in [5.74, 6) is 0. The monoisotopic (exact) mass is 431 g/mol. The number of piperidine rings is 1. The van der Waals surface area contributed by atoms with Gasteiger partial charge < -0.3 is 10.3 Å². The summed E-state index contributed by atoms with van der Waals surface area (Å²) in [6, 6.07) is 19.5. The summed E-state index contributed by atoms with van der Waals surface area (Å²) in [5, 5.41) is 1.13. The normalized spacial score (nSPS) is 19.4. The summed E-state index contributed by atoms with van der Waals surface area (Å²) in [7, 11) is 0. The largest absolute Gasteiger partial charge is 0.399 e. The van der Waals surface area contributed by atoms with Gasteiger partial charge >= 0.3 is 0 Å². The van der Waals surface area contributed by atoms with E-state index in [-0.39, 0.29) is 5.56 Å². The number of aryl methyl sites for hydroxylation is 1. The molecule has 3 aromatic rings. The Kier molecular flexibility index (Phi) is 7.31. The Morgan fingerprint density at radius 1 is 0.906 bits per heavy atom. The van der Waals surface area contributed by atoms with Crippen molar-refractivity contribution >= 4 is 16.6 Å². The number of nitrogens with two attached hydrogens (primary N) is 1. The van der Waals surface area contributed by atoms with Crippen molar-refractivity contribution < 1.29 is 0 Å². The molecule has 0 aliphatic carbocycles. The Labute approximate surface area is 192 Å². The molecule has 0 amide bonds. The Morgan fingerprint density at radius 3 is 2.44 bits per heavy atom. The first kappa shape index (κ1) is 22.6. The van der Waals surface area contributed by atoms with E-state index in [1.807, 2.05) is 41.0 Å². The lowest BCUT2D eigenvalue weighted by atomic mass is 9.97. The molecule has 0 bridgehead atoms. The van der Waals surface area contributed by atoms with E-state index in [0.29, 0.717) is 18.5 Å². The molecule has 2 heterocycles. The molecule has 4 heteroatoms. The topological polar surface area (TPSA) is 51.3 Å². The number of benzene rings is 2. The maximum absolute atomic E-state index is 13.4. The van der Waals surface area contributed by atoms with E-state index in [0.717, 1.165) is 47.1 Å². The maximum atomic E-state index is 13.4. The number of unbranched alkanes of at least 4 members (excludes halogenated alkanes) is 2. The molecular formula is C28H37N3O. The van der Waals surface area contributed by atoms with E-state index in [9.17, 15) is 4.79 Å². The van der Waals surface area contributed by atoms with Crippen molar-refractivity contribution in [1.82, 2.24) is 9.47 Å². The molecule has 2 aromatic carbocycles. The van der Waals surface area contributed by atoms with Gasteiger partial charge in [-0.1, -0.05) is 43.2 Å². The van der Waals surface area contributed by atoms with E-state index in [4.69, 9.17) is 5.73 Å². The van der Waals surface area contributed by atoms with Gasteiger partial charge in [0.2, 0.25) is 0 Å². The number of para-hydroxylation sites is 1. The third kappa shape index (κ3) is 5.24. The van der Waals surface area contributed by atoms with Crippen LogP contribution >= 0.6 is 0 Å². The van der Waals surface area contributed by atoms with Crippen LogP contribution in [0.4, 0.5) is 5.69 Å². The summed E-state index contributed by atoms with van der Waals surface area (Å²) in [4.78, 5) is 16.1. The average molecular weight is 432 g/mol. The molecule has 4 nitrogen and oxygen atoms in total. The van der Waals surface area contributed by atoms with Crippen LogP contribution in [0.2, 0.25) is 0 Å². The van der Waals surface area contributed by atoms with Gasteiger partial charge in [-0.05, 0) is 81.3 Å². The molecule has 1 aliphatic heterocycles. The molecule has 4 rings (SSSR count). The van der Waals surface area contributed by atoms with Crippen molar-refractivity contribution in [1.29, 1.82) is 0 Å². The van der Waals surface area contributed by atoms with E-state index in [1.165, 1.54) is 32.2 Å². The van der Waals surface area contributed by atoms with E-state index in [2.05, 4.69) is 36.9 Å². The zero-order valence-corrected chi connectivity index (χ0v) is 19.6. The highest BCUT2D eigenvalue weighted by Crippen LogP contribution is 2.23. The van der Waals surface area contributed by atoms with Crippen molar-refractivity contribution in [3.05, 3.63) is 76.1 Å². The fourth-order valence-corrected chi connectivity index (χ4v) is 5.32. The smallest absolute Gasteiger partial charge is 0.254 e. The first-order valence-corrected chi connectivity index (χ1v) is 12.2. The second-order valence-corrected chi connectivity index (χ2v) is 9.53. The predicted octanol–water partition coefficient (Wildman–Crippen LogP) is 5.61. The number of hydrogen-bond acceptors (Lipinski definition) is 3. The van der Waals surface area contributed by atoms with Gasteiger partial charge in [-0.2, -0.15) is 0 Å². The molecule has 1 saturated heterocycles. The van der Waals surface area contributed by atoms with Crippen LogP contribution in [0.3, 0.4) is 0 Å². The predicted molar refractivity (Wildman–Crippen MR) is 135 cm³/mol. The quantitative estimate of drug-likeness (QED) is 0.373. The van der Waals surface area contributed by atoms with Gasteiger partial charge in [0, 0.05) is 36.3 Å². The van der Waals surface area contributed by atoms with Crippen LogP contribution in [0.25, 0.3) is 10.9 Å². The van der Waals surface area contributed by atoms with Gasteiger partial charge in [-0.15, -0.1) is 0 Å². The summed E-state index contributed by atoms with van der Waals surface area (Å²) >= 11 is 0. The summed E-state index contributed by atoms with van der Waals surface area (Å²) in [6.45, 7) is 6.68. The molecule has 2 unspecified atom stereocenters. The number of nitrogens with zero attached hydrogens (tertiary/aromatic N) is 2. The Hall–Kier alpha value is -2.59. The first-order valence-electron chi connectivity index (χ1n) is 12.2. The minimum atomic E-state index is 0.129. The van der Waals surface area contributed by atoms with Crippen LogP contribution < -0.4 is 11.3 Å². The van der Waals surface area contributed by atoms with Gasteiger partial charge in [-0.3, -0.25) is 9.69 Å². The SMILES string of the molecule is CC1CCCC(C)N1CCCCCn1c(=O)c(Cc2cccc(N)c2)cc2ccccc21. The van der Waals surface area contributed by atoms with Crippen molar-refractivity contribution in [2.75, 3.05) is 12.3 Å². The van der Waals surface area contributed by atoms with E-state index >= 15 is 0 Å². The van der Waals surface area contributed by atoms with Crippen molar-refractivity contribution in [2.24, 2.45) is 0 Å². The Bertz CT molecular complexity index is 1090. The number of fused-ring (bicyclic) bond motifs is 1. The number of pyridine rings is 1. The fraction of sp³-hybridized carbons (Fsp3) is 0.464. The summed E-state index contributed by atoms with van der Waals surface area (Å²) < 4.78 is 1.99. The molecule has 1 aliphatic rings. The number of hydrogen-bond donors (Lipinski definition) is 1. The van der Waals surface area contributed by atoms with Crippen LogP contribution in [0, 0.1) is 0 Å². The van der Waals surface area contributed by atoms with Crippen LogP contribution in [0.5, 0.6) is 0 Å². The standard InChI is InChI=1S/C28H37N3O/c1-21-10-8-11-22(2)30(21)16-6-3-7-17-31-27-15-5-4-13-24(27)20-25(28(31)32)18-23-12-9-14-26(29)19-23/h4-5,9,12-15,19-22H,3,6-8,10-11,16-18,29H2,1-2H3. The van der Waals surface area contributed by atoms with Crippen LogP contribution in [0.1, 0.15) is 63.5 Å².